The van der Waals surface area contributed by atoms with E-state index in [0.29, 0.717) is 17.1 Å². The number of fused-ring (bicyclic) bond motifs is 1. The molecule has 24 heavy (non-hydrogen) atoms. The van der Waals surface area contributed by atoms with Crippen LogP contribution in [0.15, 0.2) is 48.7 Å². The number of benzene rings is 2. The number of carbonyl (C=O) groups excluding carboxylic acids is 1. The van der Waals surface area contributed by atoms with Crippen molar-refractivity contribution in [1.82, 2.24) is 10.3 Å². The number of halogens is 2. The maximum atomic E-state index is 13.6. The Hall–Kier alpha value is -2.33. The van der Waals surface area contributed by atoms with Crippen LogP contribution in [0.25, 0.3) is 10.9 Å². The average molecular weight is 343 g/mol. The van der Waals surface area contributed by atoms with E-state index < -0.39 is 0 Å². The van der Waals surface area contributed by atoms with Gasteiger partial charge in [0.25, 0.3) is 5.91 Å². The molecule has 0 spiro atoms. The number of nitrogens with one attached hydrogen (secondary N) is 2. The smallest absolute Gasteiger partial charge is 0.251 e. The summed E-state index contributed by atoms with van der Waals surface area (Å²) in [6.07, 6.45) is 3.89. The summed E-state index contributed by atoms with van der Waals surface area (Å²) in [5.74, 6) is -0.392. The Bertz CT molecular complexity index is 930. The van der Waals surface area contributed by atoms with E-state index in [9.17, 15) is 9.18 Å². The van der Waals surface area contributed by atoms with Gasteiger partial charge in [-0.05, 0) is 54.8 Å². The molecule has 1 saturated carbocycles. The quantitative estimate of drug-likeness (QED) is 0.724. The molecule has 3 aromatic rings. The lowest BCUT2D eigenvalue weighted by Crippen LogP contribution is -2.32. The van der Waals surface area contributed by atoms with Gasteiger partial charge in [-0.25, -0.2) is 4.39 Å². The maximum absolute atomic E-state index is 13.6. The van der Waals surface area contributed by atoms with Gasteiger partial charge in [0.05, 0.1) is 0 Å². The maximum Gasteiger partial charge on any atom is 0.251 e. The Morgan fingerprint density at radius 1 is 1.25 bits per heavy atom. The molecule has 0 bridgehead atoms. The van der Waals surface area contributed by atoms with Crippen LogP contribution in [0, 0.1) is 5.82 Å². The van der Waals surface area contributed by atoms with E-state index in [1.54, 1.807) is 36.4 Å². The minimum atomic E-state index is -0.248. The Labute approximate surface area is 143 Å². The molecule has 0 aliphatic heterocycles. The van der Waals surface area contributed by atoms with E-state index in [-0.39, 0.29) is 17.1 Å². The third-order valence-electron chi connectivity index (χ3n) is 4.74. The number of amides is 1. The molecule has 0 atom stereocenters. The van der Waals surface area contributed by atoms with Gasteiger partial charge in [-0.3, -0.25) is 4.79 Å². The zero-order valence-electron chi connectivity index (χ0n) is 12.9. The highest BCUT2D eigenvalue weighted by Crippen LogP contribution is 2.50. The molecule has 1 aromatic heterocycles. The summed E-state index contributed by atoms with van der Waals surface area (Å²) in [6.45, 7) is 0.530. The number of carbonyl (C=O) groups is 1. The number of aromatic nitrogens is 1. The lowest BCUT2D eigenvalue weighted by molar-refractivity contribution is 0.0949. The highest BCUT2D eigenvalue weighted by Gasteiger charge is 2.45. The summed E-state index contributed by atoms with van der Waals surface area (Å²) in [5.41, 5.74) is 2.42. The third-order valence-corrected chi connectivity index (χ3v) is 4.98. The Balaban J connectivity index is 1.55. The van der Waals surface area contributed by atoms with E-state index in [4.69, 9.17) is 11.6 Å². The molecule has 2 aromatic carbocycles. The lowest BCUT2D eigenvalue weighted by Gasteiger charge is -2.16. The van der Waals surface area contributed by atoms with Crippen LogP contribution in [0.4, 0.5) is 4.39 Å². The summed E-state index contributed by atoms with van der Waals surface area (Å²) < 4.78 is 13.6. The van der Waals surface area contributed by atoms with Gasteiger partial charge in [-0.2, -0.15) is 0 Å². The monoisotopic (exact) mass is 342 g/mol. The van der Waals surface area contributed by atoms with Crippen LogP contribution in [0.5, 0.6) is 0 Å². The molecule has 1 heterocycles. The summed E-state index contributed by atoms with van der Waals surface area (Å²) >= 11 is 5.93. The van der Waals surface area contributed by atoms with Crippen LogP contribution in [0.2, 0.25) is 5.02 Å². The Morgan fingerprint density at radius 3 is 2.83 bits per heavy atom. The first-order valence-electron chi connectivity index (χ1n) is 7.88. The number of rotatable bonds is 4. The largest absolute Gasteiger partial charge is 0.361 e. The van der Waals surface area contributed by atoms with Crippen molar-refractivity contribution in [3.05, 3.63) is 70.6 Å². The number of aromatic amines is 1. The molecule has 5 heteroatoms. The number of H-pyrrole nitrogens is 1. The molecule has 2 N–H and O–H groups in total. The summed E-state index contributed by atoms with van der Waals surface area (Å²) in [5, 5.41) is 4.42. The van der Waals surface area contributed by atoms with Crippen molar-refractivity contribution in [1.29, 1.82) is 0 Å². The van der Waals surface area contributed by atoms with Gasteiger partial charge < -0.3 is 10.3 Å². The van der Waals surface area contributed by atoms with Crippen molar-refractivity contribution in [3.63, 3.8) is 0 Å². The van der Waals surface area contributed by atoms with Crippen molar-refractivity contribution in [2.24, 2.45) is 0 Å². The molecule has 0 unspecified atom stereocenters. The second-order valence-corrected chi connectivity index (χ2v) is 6.80. The molecular formula is C19H16ClFN2O. The third kappa shape index (κ3) is 2.67. The molecule has 1 amide bonds. The first-order valence-corrected chi connectivity index (χ1v) is 8.26. The normalized spacial score (nSPS) is 15.4. The SMILES string of the molecule is O=C(NCC1(c2c[nH]c3ccc(F)cc23)CC1)c1cccc(Cl)c1. The fourth-order valence-electron chi connectivity index (χ4n) is 3.21. The van der Waals surface area contributed by atoms with Crippen molar-refractivity contribution in [3.8, 4) is 0 Å². The predicted octanol–water partition coefficient (Wildman–Crippen LogP) is 4.42. The van der Waals surface area contributed by atoms with Crippen LogP contribution in [0.1, 0.15) is 28.8 Å². The summed E-state index contributed by atoms with van der Waals surface area (Å²) in [7, 11) is 0. The van der Waals surface area contributed by atoms with Gasteiger partial charge in [-0.1, -0.05) is 17.7 Å². The topological polar surface area (TPSA) is 44.9 Å². The van der Waals surface area contributed by atoms with Gasteiger partial charge in [0.2, 0.25) is 0 Å². The minimum absolute atomic E-state index is 0.111. The molecule has 1 aliphatic rings. The minimum Gasteiger partial charge on any atom is -0.361 e. The molecule has 0 saturated heterocycles. The molecule has 122 valence electrons. The molecule has 1 aliphatic carbocycles. The zero-order valence-corrected chi connectivity index (χ0v) is 13.7. The van der Waals surface area contributed by atoms with Gasteiger partial charge in [0, 0.05) is 39.6 Å². The van der Waals surface area contributed by atoms with E-state index in [1.165, 1.54) is 6.07 Å². The number of hydrogen-bond acceptors (Lipinski definition) is 1. The highest BCUT2D eigenvalue weighted by atomic mass is 35.5. The molecule has 0 radical (unpaired) electrons. The summed E-state index contributed by atoms with van der Waals surface area (Å²) in [6, 6.07) is 11.6. The fraction of sp³-hybridized carbons (Fsp3) is 0.211. The first-order chi connectivity index (χ1) is 11.6. The van der Waals surface area contributed by atoms with Crippen molar-refractivity contribution in [2.75, 3.05) is 6.54 Å². The highest BCUT2D eigenvalue weighted by molar-refractivity contribution is 6.30. The van der Waals surface area contributed by atoms with Crippen LogP contribution in [-0.2, 0) is 5.41 Å². The van der Waals surface area contributed by atoms with Crippen molar-refractivity contribution < 1.29 is 9.18 Å². The average Bonchev–Trinajstić information content (AvgIpc) is 3.24. The summed E-state index contributed by atoms with van der Waals surface area (Å²) in [4.78, 5) is 15.5. The van der Waals surface area contributed by atoms with Gasteiger partial charge in [0.1, 0.15) is 5.82 Å². The van der Waals surface area contributed by atoms with Gasteiger partial charge >= 0.3 is 0 Å². The van der Waals surface area contributed by atoms with Crippen LogP contribution < -0.4 is 5.32 Å². The van der Waals surface area contributed by atoms with Crippen LogP contribution >= 0.6 is 11.6 Å². The molecule has 4 rings (SSSR count). The lowest BCUT2D eigenvalue weighted by atomic mass is 9.95. The fourth-order valence-corrected chi connectivity index (χ4v) is 3.40. The Kier molecular flexibility index (Phi) is 3.57. The second kappa shape index (κ2) is 5.64. The van der Waals surface area contributed by atoms with Crippen molar-refractivity contribution >= 4 is 28.4 Å². The second-order valence-electron chi connectivity index (χ2n) is 6.37. The Morgan fingerprint density at radius 2 is 2.08 bits per heavy atom. The van der Waals surface area contributed by atoms with E-state index in [0.717, 1.165) is 29.3 Å². The molecule has 3 nitrogen and oxygen atoms in total. The molecule has 1 fully saturated rings. The van der Waals surface area contributed by atoms with E-state index in [2.05, 4.69) is 10.3 Å². The standard InChI is InChI=1S/C19H16ClFN2O/c20-13-3-1-2-12(8-13)18(24)23-11-19(6-7-19)16-10-22-17-5-4-14(21)9-15(16)17/h1-5,8-10,22H,6-7,11H2,(H,23,24). The molecular weight excluding hydrogens is 327 g/mol. The predicted molar refractivity (Wildman–Crippen MR) is 93.0 cm³/mol. The van der Waals surface area contributed by atoms with Crippen LogP contribution in [-0.4, -0.2) is 17.4 Å². The van der Waals surface area contributed by atoms with E-state index >= 15 is 0 Å². The van der Waals surface area contributed by atoms with Gasteiger partial charge in [-0.15, -0.1) is 0 Å². The number of hydrogen-bond donors (Lipinski definition) is 2. The van der Waals surface area contributed by atoms with Crippen molar-refractivity contribution in [2.45, 2.75) is 18.3 Å². The van der Waals surface area contributed by atoms with E-state index in [1.807, 2.05) is 6.20 Å². The van der Waals surface area contributed by atoms with Gasteiger partial charge in [0.15, 0.2) is 0 Å². The zero-order chi connectivity index (χ0) is 16.7. The first kappa shape index (κ1) is 15.2. The van der Waals surface area contributed by atoms with Crippen LogP contribution in [0.3, 0.4) is 0 Å².